The van der Waals surface area contributed by atoms with Crippen LogP contribution in [0.1, 0.15) is 26.7 Å². The Bertz CT molecular complexity index is 194. The highest BCUT2D eigenvalue weighted by molar-refractivity contribution is 5.81. The van der Waals surface area contributed by atoms with Gasteiger partial charge in [-0.15, -0.1) is 12.3 Å². The zero-order chi connectivity index (χ0) is 10.3. The maximum absolute atomic E-state index is 11.3. The lowest BCUT2D eigenvalue weighted by Crippen LogP contribution is -2.44. The number of amides is 1. The Morgan fingerprint density at radius 1 is 1.62 bits per heavy atom. The second-order valence-electron chi connectivity index (χ2n) is 3.37. The Balaban J connectivity index is 3.57. The van der Waals surface area contributed by atoms with Gasteiger partial charge in [-0.3, -0.25) is 4.79 Å². The third-order valence-electron chi connectivity index (χ3n) is 1.82. The van der Waals surface area contributed by atoms with Crippen LogP contribution in [0.4, 0.5) is 0 Å². The Morgan fingerprint density at radius 2 is 2.23 bits per heavy atom. The molecular weight excluding hydrogens is 164 g/mol. The number of rotatable bonds is 5. The summed E-state index contributed by atoms with van der Waals surface area (Å²) >= 11 is 0. The molecule has 3 nitrogen and oxygen atoms in total. The summed E-state index contributed by atoms with van der Waals surface area (Å²) in [4.78, 5) is 11.3. The molecule has 0 saturated heterocycles. The molecule has 1 atom stereocenters. The van der Waals surface area contributed by atoms with Crippen LogP contribution in [-0.2, 0) is 4.79 Å². The maximum atomic E-state index is 11.3. The minimum absolute atomic E-state index is 0.0907. The molecule has 3 heteroatoms. The minimum atomic E-state index is -0.411. The van der Waals surface area contributed by atoms with E-state index in [1.807, 2.05) is 13.8 Å². The zero-order valence-electron chi connectivity index (χ0n) is 8.34. The number of nitrogens with two attached hydrogens (primary N) is 1. The summed E-state index contributed by atoms with van der Waals surface area (Å²) in [6.07, 6.45) is 6.57. The number of carbonyl (C=O) groups excluding carboxylic acids is 1. The predicted molar refractivity (Wildman–Crippen MR) is 53.9 cm³/mol. The van der Waals surface area contributed by atoms with Gasteiger partial charge in [-0.1, -0.05) is 13.8 Å². The van der Waals surface area contributed by atoms with E-state index in [2.05, 4.69) is 11.2 Å². The van der Waals surface area contributed by atoms with E-state index in [0.717, 1.165) is 6.42 Å². The largest absolute Gasteiger partial charge is 0.355 e. The van der Waals surface area contributed by atoms with E-state index < -0.39 is 6.04 Å². The molecular formula is C10H18N2O. The fraction of sp³-hybridized carbons (Fsp3) is 0.700. The van der Waals surface area contributed by atoms with E-state index in [-0.39, 0.29) is 11.8 Å². The van der Waals surface area contributed by atoms with E-state index >= 15 is 0 Å². The van der Waals surface area contributed by atoms with Gasteiger partial charge in [-0.25, -0.2) is 0 Å². The van der Waals surface area contributed by atoms with E-state index in [1.54, 1.807) is 0 Å². The van der Waals surface area contributed by atoms with Crippen molar-refractivity contribution in [2.24, 2.45) is 11.7 Å². The molecule has 0 bridgehead atoms. The summed E-state index contributed by atoms with van der Waals surface area (Å²) in [5.74, 6) is 2.59. The summed E-state index contributed by atoms with van der Waals surface area (Å²) < 4.78 is 0. The normalized spacial score (nSPS) is 12.2. The van der Waals surface area contributed by atoms with Crippen molar-refractivity contribution in [2.75, 3.05) is 6.54 Å². The molecule has 0 heterocycles. The Labute approximate surface area is 80.1 Å². The predicted octanol–water partition coefficient (Wildman–Crippen LogP) is 0.499. The molecule has 0 saturated carbocycles. The lowest BCUT2D eigenvalue weighted by Gasteiger charge is -2.14. The van der Waals surface area contributed by atoms with Crippen molar-refractivity contribution in [3.05, 3.63) is 0 Å². The van der Waals surface area contributed by atoms with Crippen molar-refractivity contribution in [1.29, 1.82) is 0 Å². The lowest BCUT2D eigenvalue weighted by molar-refractivity contribution is -0.123. The fourth-order valence-corrected chi connectivity index (χ4v) is 0.823. The highest BCUT2D eigenvalue weighted by Gasteiger charge is 2.15. The van der Waals surface area contributed by atoms with Gasteiger partial charge in [0.25, 0.3) is 0 Å². The van der Waals surface area contributed by atoms with E-state index in [9.17, 15) is 4.79 Å². The van der Waals surface area contributed by atoms with Crippen LogP contribution in [-0.4, -0.2) is 18.5 Å². The van der Waals surface area contributed by atoms with Crippen molar-refractivity contribution < 1.29 is 4.79 Å². The van der Waals surface area contributed by atoms with Crippen LogP contribution in [0.3, 0.4) is 0 Å². The number of nitrogens with one attached hydrogen (secondary N) is 1. The van der Waals surface area contributed by atoms with Gasteiger partial charge in [-0.05, 0) is 12.3 Å². The van der Waals surface area contributed by atoms with Crippen LogP contribution in [0, 0.1) is 18.3 Å². The SMILES string of the molecule is C#CCCCNC(=O)[C@H](N)C(C)C. The molecule has 0 aliphatic carbocycles. The summed E-state index contributed by atoms with van der Waals surface area (Å²) in [7, 11) is 0. The highest BCUT2D eigenvalue weighted by Crippen LogP contribution is 1.97. The van der Waals surface area contributed by atoms with Gasteiger partial charge >= 0.3 is 0 Å². The van der Waals surface area contributed by atoms with Gasteiger partial charge in [0.15, 0.2) is 0 Å². The Morgan fingerprint density at radius 3 is 2.69 bits per heavy atom. The Kier molecular flexibility index (Phi) is 5.99. The Hall–Kier alpha value is -1.01. The number of unbranched alkanes of at least 4 members (excludes halogenated alkanes) is 1. The van der Waals surface area contributed by atoms with Gasteiger partial charge in [0, 0.05) is 13.0 Å². The molecule has 74 valence electrons. The topological polar surface area (TPSA) is 55.1 Å². The first-order valence-corrected chi connectivity index (χ1v) is 4.56. The van der Waals surface area contributed by atoms with Crippen molar-refractivity contribution in [1.82, 2.24) is 5.32 Å². The standard InChI is InChI=1S/C10H18N2O/c1-4-5-6-7-12-10(13)9(11)8(2)3/h1,8-9H,5-7,11H2,2-3H3,(H,12,13)/t9-/m1/s1. The average Bonchev–Trinajstić information content (AvgIpc) is 2.10. The molecule has 0 radical (unpaired) electrons. The van der Waals surface area contributed by atoms with E-state index in [1.165, 1.54) is 0 Å². The second kappa shape index (κ2) is 6.50. The molecule has 13 heavy (non-hydrogen) atoms. The molecule has 0 aliphatic rings. The maximum Gasteiger partial charge on any atom is 0.237 e. The molecule has 3 N–H and O–H groups in total. The third-order valence-corrected chi connectivity index (χ3v) is 1.82. The molecule has 0 aromatic carbocycles. The second-order valence-corrected chi connectivity index (χ2v) is 3.37. The molecule has 0 aromatic rings. The number of hydrogen-bond donors (Lipinski definition) is 2. The fourth-order valence-electron chi connectivity index (χ4n) is 0.823. The van der Waals surface area contributed by atoms with Gasteiger partial charge in [0.05, 0.1) is 6.04 Å². The summed E-state index contributed by atoms with van der Waals surface area (Å²) in [5, 5.41) is 2.74. The molecule has 0 spiro atoms. The number of terminal acetylenes is 1. The quantitative estimate of drug-likeness (QED) is 0.480. The van der Waals surface area contributed by atoms with E-state index in [0.29, 0.717) is 13.0 Å². The zero-order valence-corrected chi connectivity index (χ0v) is 8.34. The van der Waals surface area contributed by atoms with Crippen molar-refractivity contribution in [2.45, 2.75) is 32.7 Å². The van der Waals surface area contributed by atoms with Crippen molar-refractivity contribution in [3.63, 3.8) is 0 Å². The number of carbonyl (C=O) groups is 1. The van der Waals surface area contributed by atoms with Crippen LogP contribution in [0.5, 0.6) is 0 Å². The first-order valence-electron chi connectivity index (χ1n) is 4.56. The van der Waals surface area contributed by atoms with Gasteiger partial charge in [0.1, 0.15) is 0 Å². The molecule has 0 unspecified atom stereocenters. The molecule has 0 aromatic heterocycles. The first-order chi connectivity index (χ1) is 6.09. The number of hydrogen-bond acceptors (Lipinski definition) is 2. The smallest absolute Gasteiger partial charge is 0.237 e. The minimum Gasteiger partial charge on any atom is -0.355 e. The van der Waals surface area contributed by atoms with Gasteiger partial charge < -0.3 is 11.1 Å². The molecule has 0 aliphatic heterocycles. The van der Waals surface area contributed by atoms with Gasteiger partial charge in [-0.2, -0.15) is 0 Å². The van der Waals surface area contributed by atoms with E-state index in [4.69, 9.17) is 12.2 Å². The molecule has 1 amide bonds. The highest BCUT2D eigenvalue weighted by atomic mass is 16.2. The van der Waals surface area contributed by atoms with Gasteiger partial charge in [0.2, 0.25) is 5.91 Å². The van der Waals surface area contributed by atoms with Crippen LogP contribution < -0.4 is 11.1 Å². The van der Waals surface area contributed by atoms with Crippen LogP contribution in [0.25, 0.3) is 0 Å². The lowest BCUT2D eigenvalue weighted by atomic mass is 10.1. The van der Waals surface area contributed by atoms with Crippen LogP contribution in [0.15, 0.2) is 0 Å². The third kappa shape index (κ3) is 5.26. The monoisotopic (exact) mass is 182 g/mol. The summed E-state index contributed by atoms with van der Waals surface area (Å²) in [6, 6.07) is -0.411. The molecule has 0 rings (SSSR count). The van der Waals surface area contributed by atoms with Crippen LogP contribution in [0.2, 0.25) is 0 Å². The first kappa shape index (κ1) is 12.0. The summed E-state index contributed by atoms with van der Waals surface area (Å²) in [6.45, 7) is 4.46. The summed E-state index contributed by atoms with van der Waals surface area (Å²) in [5.41, 5.74) is 5.62. The van der Waals surface area contributed by atoms with Crippen molar-refractivity contribution in [3.8, 4) is 12.3 Å². The van der Waals surface area contributed by atoms with Crippen LogP contribution >= 0.6 is 0 Å². The average molecular weight is 182 g/mol. The van der Waals surface area contributed by atoms with Crippen molar-refractivity contribution >= 4 is 5.91 Å². The molecule has 0 fully saturated rings.